The zero-order valence-electron chi connectivity index (χ0n) is 42.9. The Hall–Kier alpha value is -2.81. The first-order chi connectivity index (χ1) is 32.8. The number of unbranched alkanes of at least 4 members (excludes halogenated alkanes) is 23. The molecule has 0 aliphatic rings. The fraction of sp³-hybridized carbons (Fsp3) is 0.719. The van der Waals surface area contributed by atoms with Crippen LogP contribution in [0, 0.1) is 0 Å². The average molecular weight is 958 g/mol. The number of phosphoric acid groups is 1. The number of carbonyl (C=O) groups is 2. The highest BCUT2D eigenvalue weighted by atomic mass is 31.2. The van der Waals surface area contributed by atoms with Crippen molar-refractivity contribution < 1.29 is 37.6 Å². The summed E-state index contributed by atoms with van der Waals surface area (Å²) in [4.78, 5) is 35.1. The van der Waals surface area contributed by atoms with Crippen LogP contribution in [-0.4, -0.2) is 49.3 Å². The number of ether oxygens (including phenoxy) is 2. The van der Waals surface area contributed by atoms with Gasteiger partial charge in [0.25, 0.3) is 0 Å². The fourth-order valence-corrected chi connectivity index (χ4v) is 8.05. The molecule has 3 N–H and O–H groups in total. The van der Waals surface area contributed by atoms with Gasteiger partial charge in [0, 0.05) is 19.4 Å². The molecule has 2 atom stereocenters. The van der Waals surface area contributed by atoms with Gasteiger partial charge in [-0.15, -0.1) is 0 Å². The lowest BCUT2D eigenvalue weighted by atomic mass is 10.0. The fourth-order valence-electron chi connectivity index (χ4n) is 7.28. The van der Waals surface area contributed by atoms with Gasteiger partial charge in [0.05, 0.1) is 13.2 Å². The van der Waals surface area contributed by atoms with Crippen molar-refractivity contribution in [1.82, 2.24) is 0 Å². The normalized spacial score (nSPS) is 13.8. The van der Waals surface area contributed by atoms with Crippen LogP contribution in [0.15, 0.2) is 85.1 Å². The van der Waals surface area contributed by atoms with Crippen LogP contribution in [0.4, 0.5) is 0 Å². The lowest BCUT2D eigenvalue weighted by Crippen LogP contribution is -2.29. The third-order valence-corrected chi connectivity index (χ3v) is 12.2. The molecule has 386 valence electrons. The van der Waals surface area contributed by atoms with E-state index in [0.717, 1.165) is 83.5 Å². The SMILES string of the molecule is CC/C=C\C/C=C\C/C=C\C/C=C\C/C=C\CCCCCCCCCC(=O)OC(COC(=O)CCCCCCCCCCCCC/C=C\C/C=C\CCCCCCC)COP(=O)(O)OCCN. The van der Waals surface area contributed by atoms with Crippen molar-refractivity contribution in [2.75, 3.05) is 26.4 Å². The summed E-state index contributed by atoms with van der Waals surface area (Å²) in [6.45, 7) is 3.61. The number of hydrogen-bond acceptors (Lipinski definition) is 8. The van der Waals surface area contributed by atoms with Gasteiger partial charge in [0.2, 0.25) is 0 Å². The number of hydrogen-bond donors (Lipinski definition) is 2. The molecular formula is C57H100NO8P. The van der Waals surface area contributed by atoms with Crippen molar-refractivity contribution in [2.24, 2.45) is 5.73 Å². The smallest absolute Gasteiger partial charge is 0.462 e. The summed E-state index contributed by atoms with van der Waals surface area (Å²) in [5, 5.41) is 0. The number of carbonyl (C=O) groups excluding carboxylic acids is 2. The van der Waals surface area contributed by atoms with E-state index < -0.39 is 26.5 Å². The van der Waals surface area contributed by atoms with Gasteiger partial charge >= 0.3 is 19.8 Å². The number of allylic oxidation sites excluding steroid dienone is 14. The molecule has 0 aromatic carbocycles. The van der Waals surface area contributed by atoms with Crippen LogP contribution < -0.4 is 5.73 Å². The molecule has 0 spiro atoms. The minimum atomic E-state index is -4.39. The van der Waals surface area contributed by atoms with E-state index in [0.29, 0.717) is 6.42 Å². The van der Waals surface area contributed by atoms with Crippen LogP contribution in [0.2, 0.25) is 0 Å². The van der Waals surface area contributed by atoms with Crippen LogP contribution in [0.3, 0.4) is 0 Å². The summed E-state index contributed by atoms with van der Waals surface area (Å²) in [5.74, 6) is -0.844. The van der Waals surface area contributed by atoms with E-state index >= 15 is 0 Å². The highest BCUT2D eigenvalue weighted by Gasteiger charge is 2.26. The van der Waals surface area contributed by atoms with Crippen LogP contribution in [0.25, 0.3) is 0 Å². The number of phosphoric ester groups is 1. The number of esters is 2. The van der Waals surface area contributed by atoms with Gasteiger partial charge < -0.3 is 20.1 Å². The molecule has 67 heavy (non-hydrogen) atoms. The molecule has 0 amide bonds. The molecule has 0 saturated heterocycles. The van der Waals surface area contributed by atoms with Crippen molar-refractivity contribution >= 4 is 19.8 Å². The molecule has 0 aliphatic carbocycles. The maximum atomic E-state index is 12.7. The standard InChI is InChI=1S/C57H100NO8P/c1-3-5-7-9-11-13-15-17-19-21-23-25-27-29-31-33-35-37-39-41-43-45-47-49-56(59)63-53-55(54-65-67(61,62)64-52-51-58)66-57(60)50-48-46-44-42-40-38-36-34-32-30-28-26-24-22-20-18-16-14-12-10-8-6-4-2/h6,8,12,14-15,17-18,20-21,23-24,26,30,32,55H,3-5,7,9-11,13,16,19,22,25,27-29,31,33-54,58H2,1-2H3,(H,61,62)/b8-6-,14-12-,17-15-,20-18-,23-21-,26-24-,32-30-. The van der Waals surface area contributed by atoms with Crippen LogP contribution in [0.5, 0.6) is 0 Å². The molecule has 0 radical (unpaired) electrons. The minimum absolute atomic E-state index is 0.0472. The highest BCUT2D eigenvalue weighted by Crippen LogP contribution is 2.43. The molecule has 0 saturated carbocycles. The minimum Gasteiger partial charge on any atom is -0.462 e. The lowest BCUT2D eigenvalue weighted by Gasteiger charge is -2.19. The topological polar surface area (TPSA) is 134 Å². The Bertz CT molecular complexity index is 1370. The molecule has 0 aromatic rings. The highest BCUT2D eigenvalue weighted by molar-refractivity contribution is 7.47. The van der Waals surface area contributed by atoms with E-state index in [9.17, 15) is 19.0 Å². The Morgan fingerprint density at radius 2 is 0.821 bits per heavy atom. The third kappa shape index (κ3) is 52.4. The molecule has 10 heteroatoms. The lowest BCUT2D eigenvalue weighted by molar-refractivity contribution is -0.161. The van der Waals surface area contributed by atoms with Gasteiger partial charge in [-0.3, -0.25) is 18.6 Å². The maximum absolute atomic E-state index is 12.7. The van der Waals surface area contributed by atoms with E-state index in [2.05, 4.69) is 98.9 Å². The average Bonchev–Trinajstić information content (AvgIpc) is 3.32. The molecule has 2 unspecified atom stereocenters. The van der Waals surface area contributed by atoms with Gasteiger partial charge in [-0.05, 0) is 89.9 Å². The van der Waals surface area contributed by atoms with Crippen molar-refractivity contribution in [3.63, 3.8) is 0 Å². The second-order valence-electron chi connectivity index (χ2n) is 17.7. The summed E-state index contributed by atoms with van der Waals surface area (Å²) in [6, 6.07) is 0. The van der Waals surface area contributed by atoms with Crippen LogP contribution >= 0.6 is 7.82 Å². The van der Waals surface area contributed by atoms with Crippen molar-refractivity contribution in [2.45, 2.75) is 238 Å². The van der Waals surface area contributed by atoms with E-state index in [-0.39, 0.29) is 38.6 Å². The summed E-state index contributed by atoms with van der Waals surface area (Å²) in [7, 11) is -4.39. The monoisotopic (exact) mass is 958 g/mol. The summed E-state index contributed by atoms with van der Waals surface area (Å²) in [5.41, 5.74) is 5.37. The first kappa shape index (κ1) is 64.2. The van der Waals surface area contributed by atoms with Gasteiger partial charge in [-0.2, -0.15) is 0 Å². The van der Waals surface area contributed by atoms with Gasteiger partial charge in [-0.25, -0.2) is 4.57 Å². The van der Waals surface area contributed by atoms with Crippen LogP contribution in [0.1, 0.15) is 232 Å². The maximum Gasteiger partial charge on any atom is 0.472 e. The summed E-state index contributed by atoms with van der Waals surface area (Å²) < 4.78 is 33.0. The first-order valence-electron chi connectivity index (χ1n) is 27.1. The molecule has 0 rings (SSSR count). The largest absolute Gasteiger partial charge is 0.472 e. The predicted molar refractivity (Wildman–Crippen MR) is 284 cm³/mol. The molecule has 0 heterocycles. The Morgan fingerprint density at radius 1 is 0.463 bits per heavy atom. The number of rotatable bonds is 50. The molecule has 9 nitrogen and oxygen atoms in total. The summed E-state index contributed by atoms with van der Waals surface area (Å²) in [6.07, 6.45) is 67.6. The van der Waals surface area contributed by atoms with E-state index in [1.54, 1.807) is 0 Å². The van der Waals surface area contributed by atoms with E-state index in [1.165, 1.54) is 116 Å². The molecule has 0 bridgehead atoms. The van der Waals surface area contributed by atoms with Gasteiger partial charge in [0.1, 0.15) is 6.61 Å². The molecule has 0 aromatic heterocycles. The van der Waals surface area contributed by atoms with Crippen molar-refractivity contribution in [3.05, 3.63) is 85.1 Å². The van der Waals surface area contributed by atoms with Crippen molar-refractivity contribution in [3.8, 4) is 0 Å². The third-order valence-electron chi connectivity index (χ3n) is 11.3. The van der Waals surface area contributed by atoms with Crippen molar-refractivity contribution in [1.29, 1.82) is 0 Å². The second kappa shape index (κ2) is 52.6. The Balaban J connectivity index is 4.06. The molecular weight excluding hydrogens is 858 g/mol. The van der Waals surface area contributed by atoms with Gasteiger partial charge in [0.15, 0.2) is 6.10 Å². The molecule has 0 aliphatic heterocycles. The Labute approximate surface area is 411 Å². The van der Waals surface area contributed by atoms with Crippen LogP contribution in [-0.2, 0) is 32.7 Å². The van der Waals surface area contributed by atoms with E-state index in [1.807, 2.05) is 0 Å². The Morgan fingerprint density at radius 3 is 1.22 bits per heavy atom. The predicted octanol–water partition coefficient (Wildman–Crippen LogP) is 16.7. The zero-order chi connectivity index (χ0) is 48.8. The number of nitrogens with two attached hydrogens (primary N) is 1. The zero-order valence-corrected chi connectivity index (χ0v) is 43.8. The quantitative estimate of drug-likeness (QED) is 0.0264. The van der Waals surface area contributed by atoms with Gasteiger partial charge in [-0.1, -0.05) is 214 Å². The van der Waals surface area contributed by atoms with E-state index in [4.69, 9.17) is 24.3 Å². The Kier molecular flexibility index (Phi) is 50.4. The second-order valence-corrected chi connectivity index (χ2v) is 19.2. The summed E-state index contributed by atoms with van der Waals surface area (Å²) >= 11 is 0. The molecule has 0 fully saturated rings. The first-order valence-corrected chi connectivity index (χ1v) is 28.6.